The van der Waals surface area contributed by atoms with E-state index >= 15 is 0 Å². The third-order valence-corrected chi connectivity index (χ3v) is 4.91. The second-order valence-electron chi connectivity index (χ2n) is 5.20. The Bertz CT molecular complexity index is 416. The van der Waals surface area contributed by atoms with Gasteiger partial charge in [0.05, 0.1) is 12.5 Å². The lowest BCUT2D eigenvalue weighted by Crippen LogP contribution is -2.55. The van der Waals surface area contributed by atoms with Crippen LogP contribution < -0.4 is 0 Å². The van der Waals surface area contributed by atoms with Crippen LogP contribution in [-0.4, -0.2) is 69.3 Å². The Labute approximate surface area is 117 Å². The molecular formula is C11H15F3N2O3S. The molecule has 5 nitrogen and oxygen atoms in total. The minimum Gasteiger partial charge on any atom is -0.388 e. The molecular weight excluding hydrogens is 297 g/mol. The number of amidine groups is 1. The van der Waals surface area contributed by atoms with Gasteiger partial charge in [-0.2, -0.15) is 13.2 Å². The van der Waals surface area contributed by atoms with Gasteiger partial charge in [0.25, 0.3) is 0 Å². The predicted octanol–water partition coefficient (Wildman–Crippen LogP) is 0.563. The van der Waals surface area contributed by atoms with Gasteiger partial charge >= 0.3 is 6.18 Å². The summed E-state index contributed by atoms with van der Waals surface area (Å²) < 4.78 is 42.6. The second kappa shape index (κ2) is 5.04. The van der Waals surface area contributed by atoms with Crippen LogP contribution in [0.2, 0.25) is 0 Å². The molecule has 20 heavy (non-hydrogen) atoms. The summed E-state index contributed by atoms with van der Waals surface area (Å²) in [4.78, 5) is 6.27. The van der Waals surface area contributed by atoms with Crippen LogP contribution in [0.5, 0.6) is 0 Å². The van der Waals surface area contributed by atoms with Gasteiger partial charge in [0.2, 0.25) is 0 Å². The standard InChI is InChI=1S/C11H15F3N2O3S/c12-11(13,14)4-5-7(17)8(18)6-9(19-5)20-10(15-6)16-2-1-3-16/h5-9,17-18H,1-4H2. The molecule has 0 radical (unpaired) electrons. The van der Waals surface area contributed by atoms with E-state index in [2.05, 4.69) is 4.99 Å². The van der Waals surface area contributed by atoms with E-state index in [1.165, 1.54) is 11.8 Å². The number of nitrogens with zero attached hydrogens (tertiary/aromatic N) is 2. The van der Waals surface area contributed by atoms with Crippen LogP contribution in [-0.2, 0) is 4.74 Å². The van der Waals surface area contributed by atoms with E-state index in [9.17, 15) is 23.4 Å². The number of fused-ring (bicyclic) bond motifs is 1. The molecule has 5 atom stereocenters. The number of thioether (sulfide) groups is 1. The maximum absolute atomic E-state index is 12.4. The van der Waals surface area contributed by atoms with Gasteiger partial charge in [0.1, 0.15) is 23.7 Å². The Hall–Kier alpha value is -0.510. The zero-order valence-corrected chi connectivity index (χ0v) is 11.3. The number of halogens is 3. The number of ether oxygens (including phenoxy) is 1. The fourth-order valence-electron chi connectivity index (χ4n) is 2.47. The number of aliphatic hydroxyl groups excluding tert-OH is 2. The van der Waals surface area contributed by atoms with E-state index in [0.717, 1.165) is 19.5 Å². The minimum absolute atomic E-state index is 0.656. The maximum atomic E-state index is 12.4. The first-order chi connectivity index (χ1) is 9.35. The van der Waals surface area contributed by atoms with Crippen molar-refractivity contribution in [1.29, 1.82) is 0 Å². The van der Waals surface area contributed by atoms with Crippen LogP contribution >= 0.6 is 11.8 Å². The Morgan fingerprint density at radius 1 is 1.30 bits per heavy atom. The molecule has 0 aromatic heterocycles. The Balaban J connectivity index is 1.70. The first-order valence-corrected chi connectivity index (χ1v) is 7.31. The minimum atomic E-state index is -4.44. The molecule has 0 aromatic rings. The van der Waals surface area contributed by atoms with Crippen molar-refractivity contribution >= 4 is 16.9 Å². The Kier molecular flexibility index (Phi) is 3.64. The quantitative estimate of drug-likeness (QED) is 0.741. The molecule has 0 bridgehead atoms. The molecule has 0 aliphatic carbocycles. The van der Waals surface area contributed by atoms with Crippen LogP contribution in [0, 0.1) is 0 Å². The average molecular weight is 312 g/mol. The van der Waals surface area contributed by atoms with E-state index in [0.29, 0.717) is 5.17 Å². The van der Waals surface area contributed by atoms with Crippen molar-refractivity contribution in [3.63, 3.8) is 0 Å². The van der Waals surface area contributed by atoms with Gasteiger partial charge in [0.15, 0.2) is 5.17 Å². The number of aliphatic hydroxyl groups is 2. The Morgan fingerprint density at radius 2 is 2.00 bits per heavy atom. The summed E-state index contributed by atoms with van der Waals surface area (Å²) in [5.74, 6) is 0. The highest BCUT2D eigenvalue weighted by molar-refractivity contribution is 8.14. The van der Waals surface area contributed by atoms with Crippen molar-refractivity contribution in [2.75, 3.05) is 13.1 Å². The molecule has 0 spiro atoms. The number of hydrogen-bond acceptors (Lipinski definition) is 6. The highest BCUT2D eigenvalue weighted by Crippen LogP contribution is 2.40. The molecule has 5 unspecified atom stereocenters. The van der Waals surface area contributed by atoms with Gasteiger partial charge < -0.3 is 19.8 Å². The smallest absolute Gasteiger partial charge is 0.388 e. The summed E-state index contributed by atoms with van der Waals surface area (Å²) in [6, 6.07) is -0.699. The van der Waals surface area contributed by atoms with Crippen molar-refractivity contribution in [1.82, 2.24) is 4.90 Å². The van der Waals surface area contributed by atoms with Crippen molar-refractivity contribution < 1.29 is 28.1 Å². The lowest BCUT2D eigenvalue weighted by molar-refractivity contribution is -0.209. The average Bonchev–Trinajstić information content (AvgIpc) is 2.64. The van der Waals surface area contributed by atoms with Crippen LogP contribution in [0.25, 0.3) is 0 Å². The summed E-state index contributed by atoms with van der Waals surface area (Å²) in [6.07, 6.45) is -9.00. The second-order valence-corrected chi connectivity index (χ2v) is 6.27. The fourth-order valence-corrected chi connectivity index (χ4v) is 3.76. The first kappa shape index (κ1) is 14.4. The van der Waals surface area contributed by atoms with E-state index in [1.54, 1.807) is 0 Å². The lowest BCUT2D eigenvalue weighted by Gasteiger charge is -2.38. The molecule has 3 rings (SSSR count). The van der Waals surface area contributed by atoms with Crippen LogP contribution in [0.4, 0.5) is 13.2 Å². The molecule has 2 fully saturated rings. The zero-order valence-electron chi connectivity index (χ0n) is 10.5. The number of likely N-dealkylation sites (tertiary alicyclic amines) is 1. The summed E-state index contributed by atoms with van der Waals surface area (Å²) in [6.45, 7) is 1.71. The topological polar surface area (TPSA) is 65.3 Å². The highest BCUT2D eigenvalue weighted by Gasteiger charge is 2.51. The van der Waals surface area contributed by atoms with E-state index < -0.39 is 42.4 Å². The first-order valence-electron chi connectivity index (χ1n) is 6.43. The van der Waals surface area contributed by atoms with E-state index in [1.807, 2.05) is 4.90 Å². The van der Waals surface area contributed by atoms with Gasteiger partial charge in [-0.15, -0.1) is 0 Å². The van der Waals surface area contributed by atoms with Crippen LogP contribution in [0.3, 0.4) is 0 Å². The third kappa shape index (κ3) is 2.63. The van der Waals surface area contributed by atoms with Crippen molar-refractivity contribution in [2.45, 2.75) is 48.8 Å². The van der Waals surface area contributed by atoms with Crippen molar-refractivity contribution in [3.05, 3.63) is 0 Å². The SMILES string of the molecule is OC1C(CC(F)(F)F)OC2SC(N3CCC3)=NC2C1O. The molecule has 0 saturated carbocycles. The summed E-state index contributed by atoms with van der Waals surface area (Å²) in [7, 11) is 0. The molecule has 114 valence electrons. The number of aliphatic imine (C=N–C) groups is 1. The van der Waals surface area contributed by atoms with Crippen LogP contribution in [0.1, 0.15) is 12.8 Å². The molecule has 2 N–H and O–H groups in total. The van der Waals surface area contributed by atoms with E-state index in [4.69, 9.17) is 4.74 Å². The summed E-state index contributed by atoms with van der Waals surface area (Å²) in [5, 5.41) is 20.4. The van der Waals surface area contributed by atoms with Crippen molar-refractivity contribution in [3.8, 4) is 0 Å². The molecule has 3 aliphatic rings. The highest BCUT2D eigenvalue weighted by atomic mass is 32.2. The lowest BCUT2D eigenvalue weighted by atomic mass is 9.96. The van der Waals surface area contributed by atoms with Crippen molar-refractivity contribution in [2.24, 2.45) is 4.99 Å². The summed E-state index contributed by atoms with van der Waals surface area (Å²) >= 11 is 1.23. The maximum Gasteiger partial charge on any atom is 0.391 e. The molecule has 0 aromatic carbocycles. The van der Waals surface area contributed by atoms with Gasteiger partial charge in [-0.05, 0) is 6.42 Å². The fraction of sp³-hybridized carbons (Fsp3) is 0.909. The zero-order chi connectivity index (χ0) is 14.5. The van der Waals surface area contributed by atoms with Crippen LogP contribution in [0.15, 0.2) is 4.99 Å². The molecule has 0 amide bonds. The van der Waals surface area contributed by atoms with E-state index in [-0.39, 0.29) is 0 Å². The number of rotatable bonds is 1. The van der Waals surface area contributed by atoms with Gasteiger partial charge in [-0.3, -0.25) is 4.99 Å². The molecule has 9 heteroatoms. The molecule has 3 aliphatic heterocycles. The normalized spacial score (nSPS) is 41.1. The van der Waals surface area contributed by atoms with Gasteiger partial charge in [-0.25, -0.2) is 0 Å². The third-order valence-electron chi connectivity index (χ3n) is 3.71. The summed E-state index contributed by atoms with van der Waals surface area (Å²) in [5.41, 5.74) is -0.656. The van der Waals surface area contributed by atoms with Gasteiger partial charge in [0, 0.05) is 13.1 Å². The monoisotopic (exact) mass is 312 g/mol. The predicted molar refractivity (Wildman–Crippen MR) is 66.4 cm³/mol. The largest absolute Gasteiger partial charge is 0.391 e. The molecule has 2 saturated heterocycles. The number of hydrogen-bond donors (Lipinski definition) is 2. The number of alkyl halides is 3. The molecule has 3 heterocycles. The Morgan fingerprint density at radius 3 is 2.55 bits per heavy atom. The van der Waals surface area contributed by atoms with Gasteiger partial charge in [-0.1, -0.05) is 11.8 Å².